The molecular formula is C12H16N4O4S. The molecule has 2 heterocycles. The highest BCUT2D eigenvalue weighted by Gasteiger charge is 2.49. The number of carbonyl (C=O) groups is 3. The maximum Gasteiger partial charge on any atom is 0.407 e. The summed E-state index contributed by atoms with van der Waals surface area (Å²) in [6.07, 6.45) is -0.675. The fourth-order valence-electron chi connectivity index (χ4n) is 1.83. The van der Waals surface area contributed by atoms with Gasteiger partial charge in [-0.05, 0) is 20.8 Å². The average molecular weight is 312 g/mol. The predicted molar refractivity (Wildman–Crippen MR) is 74.7 cm³/mol. The number of aromatic nitrogens is 1. The molecule has 1 aromatic heterocycles. The molecule has 0 spiro atoms. The fraction of sp³-hybridized carbons (Fsp3) is 0.500. The summed E-state index contributed by atoms with van der Waals surface area (Å²) < 4.78 is 5.11. The number of alkyl carbamates (subject to hydrolysis) is 1. The maximum absolute atomic E-state index is 12.1. The number of hydrogen-bond donors (Lipinski definition) is 3. The highest BCUT2D eigenvalue weighted by Crippen LogP contribution is 2.24. The molecule has 1 aromatic rings. The van der Waals surface area contributed by atoms with Crippen molar-refractivity contribution in [2.24, 2.45) is 0 Å². The van der Waals surface area contributed by atoms with Crippen LogP contribution >= 0.6 is 11.3 Å². The molecule has 114 valence electrons. The Morgan fingerprint density at radius 2 is 2.19 bits per heavy atom. The molecule has 0 saturated carbocycles. The Balaban J connectivity index is 2.14. The van der Waals surface area contributed by atoms with Gasteiger partial charge in [-0.2, -0.15) is 0 Å². The van der Waals surface area contributed by atoms with Crippen molar-refractivity contribution in [3.8, 4) is 0 Å². The Hall–Kier alpha value is -2.16. The quantitative estimate of drug-likeness (QED) is 0.712. The van der Waals surface area contributed by atoms with Gasteiger partial charge in [0.2, 0.25) is 0 Å². The lowest BCUT2D eigenvalue weighted by molar-refractivity contribution is -0.124. The van der Waals surface area contributed by atoms with Crippen LogP contribution in [0.1, 0.15) is 26.5 Å². The number of thiazole rings is 1. The zero-order valence-electron chi connectivity index (χ0n) is 11.9. The SMILES string of the molecule is CC(C)(C)OC(=O)NCC1(c2cscn2)NC(=O)NC1=O. The molecule has 3 N–H and O–H groups in total. The van der Waals surface area contributed by atoms with Gasteiger partial charge in [-0.25, -0.2) is 14.6 Å². The summed E-state index contributed by atoms with van der Waals surface area (Å²) in [4.78, 5) is 39.3. The van der Waals surface area contributed by atoms with E-state index >= 15 is 0 Å². The van der Waals surface area contributed by atoms with Gasteiger partial charge in [0.1, 0.15) is 5.60 Å². The molecule has 8 nitrogen and oxygen atoms in total. The molecule has 1 aliphatic rings. The van der Waals surface area contributed by atoms with E-state index in [1.807, 2.05) is 0 Å². The molecule has 1 fully saturated rings. The van der Waals surface area contributed by atoms with Crippen molar-refractivity contribution in [2.45, 2.75) is 31.9 Å². The van der Waals surface area contributed by atoms with Crippen LogP contribution < -0.4 is 16.0 Å². The minimum absolute atomic E-state index is 0.150. The van der Waals surface area contributed by atoms with Crippen LogP contribution in [0.2, 0.25) is 0 Å². The molecule has 9 heteroatoms. The third-order valence-electron chi connectivity index (χ3n) is 2.71. The molecule has 21 heavy (non-hydrogen) atoms. The zero-order valence-corrected chi connectivity index (χ0v) is 12.7. The topological polar surface area (TPSA) is 109 Å². The van der Waals surface area contributed by atoms with Crippen LogP contribution in [0.15, 0.2) is 10.9 Å². The summed E-state index contributed by atoms with van der Waals surface area (Å²) in [7, 11) is 0. The molecule has 1 atom stereocenters. The van der Waals surface area contributed by atoms with Gasteiger partial charge in [-0.1, -0.05) is 0 Å². The second kappa shape index (κ2) is 5.32. The minimum atomic E-state index is -1.41. The van der Waals surface area contributed by atoms with Crippen LogP contribution in [0.3, 0.4) is 0 Å². The lowest BCUT2D eigenvalue weighted by Crippen LogP contribution is -2.53. The number of ether oxygens (including phenoxy) is 1. The minimum Gasteiger partial charge on any atom is -0.444 e. The molecule has 2 rings (SSSR count). The van der Waals surface area contributed by atoms with Gasteiger partial charge in [0, 0.05) is 5.38 Å². The average Bonchev–Trinajstić information content (AvgIpc) is 2.93. The molecule has 4 amide bonds. The van der Waals surface area contributed by atoms with Gasteiger partial charge in [0.05, 0.1) is 17.7 Å². The third kappa shape index (κ3) is 3.30. The van der Waals surface area contributed by atoms with Crippen molar-refractivity contribution in [1.82, 2.24) is 20.9 Å². The first-order valence-electron chi connectivity index (χ1n) is 6.22. The molecule has 1 aliphatic heterocycles. The predicted octanol–water partition coefficient (Wildman–Crippen LogP) is 0.703. The lowest BCUT2D eigenvalue weighted by Gasteiger charge is -2.26. The molecular weight excluding hydrogens is 296 g/mol. The second-order valence-electron chi connectivity index (χ2n) is 5.54. The third-order valence-corrected chi connectivity index (χ3v) is 3.29. The highest BCUT2D eigenvalue weighted by molar-refractivity contribution is 7.07. The summed E-state index contributed by atoms with van der Waals surface area (Å²) in [5.41, 5.74) is -0.151. The monoisotopic (exact) mass is 312 g/mol. The van der Waals surface area contributed by atoms with E-state index in [4.69, 9.17) is 4.74 Å². The van der Waals surface area contributed by atoms with Gasteiger partial charge in [0.25, 0.3) is 5.91 Å². The number of hydrogen-bond acceptors (Lipinski definition) is 6. The largest absolute Gasteiger partial charge is 0.444 e. The van der Waals surface area contributed by atoms with Crippen LogP contribution in [0, 0.1) is 0 Å². The van der Waals surface area contributed by atoms with E-state index in [0.717, 1.165) is 0 Å². The van der Waals surface area contributed by atoms with Crippen LogP contribution in [0.5, 0.6) is 0 Å². The first kappa shape index (κ1) is 15.2. The summed E-state index contributed by atoms with van der Waals surface area (Å²) in [5, 5.41) is 8.79. The van der Waals surface area contributed by atoms with E-state index in [1.165, 1.54) is 11.3 Å². The van der Waals surface area contributed by atoms with E-state index in [-0.39, 0.29) is 6.54 Å². The molecule has 0 radical (unpaired) electrons. The van der Waals surface area contributed by atoms with E-state index in [2.05, 4.69) is 20.9 Å². The summed E-state index contributed by atoms with van der Waals surface area (Å²) >= 11 is 1.29. The van der Waals surface area contributed by atoms with Gasteiger partial charge in [-0.15, -0.1) is 11.3 Å². The number of nitrogens with zero attached hydrogens (tertiary/aromatic N) is 1. The van der Waals surface area contributed by atoms with Crippen molar-refractivity contribution in [3.63, 3.8) is 0 Å². The number of imide groups is 1. The Labute approximate surface area is 125 Å². The van der Waals surface area contributed by atoms with E-state index < -0.39 is 29.2 Å². The number of urea groups is 1. The Morgan fingerprint density at radius 3 is 2.67 bits per heavy atom. The van der Waals surface area contributed by atoms with Crippen LogP contribution in [-0.4, -0.2) is 35.2 Å². The molecule has 0 bridgehead atoms. The van der Waals surface area contributed by atoms with E-state index in [0.29, 0.717) is 5.69 Å². The standard InChI is InChI=1S/C12H16N4O4S/c1-11(2,3)20-10(19)13-5-12(7-4-21-6-14-7)8(17)15-9(18)16-12/h4,6H,5H2,1-3H3,(H,13,19)(H2,15,16,17,18). The molecule has 0 aliphatic carbocycles. The first-order chi connectivity index (χ1) is 9.73. The number of rotatable bonds is 3. The number of nitrogens with one attached hydrogen (secondary N) is 3. The highest BCUT2D eigenvalue weighted by atomic mass is 32.1. The summed E-state index contributed by atoms with van der Waals surface area (Å²) in [6.45, 7) is 5.04. The Bertz CT molecular complexity index is 566. The van der Waals surface area contributed by atoms with Gasteiger partial charge >= 0.3 is 12.1 Å². The fourth-order valence-corrected chi connectivity index (χ4v) is 2.46. The molecule has 1 saturated heterocycles. The van der Waals surface area contributed by atoms with E-state index in [9.17, 15) is 14.4 Å². The van der Waals surface area contributed by atoms with Gasteiger partial charge in [0.15, 0.2) is 5.54 Å². The van der Waals surface area contributed by atoms with Crippen LogP contribution in [0.25, 0.3) is 0 Å². The Morgan fingerprint density at radius 1 is 1.48 bits per heavy atom. The zero-order chi connectivity index (χ0) is 15.7. The molecule has 1 unspecified atom stereocenters. The van der Waals surface area contributed by atoms with Crippen molar-refractivity contribution < 1.29 is 19.1 Å². The summed E-state index contributed by atoms with van der Waals surface area (Å²) in [6, 6.07) is -0.626. The van der Waals surface area contributed by atoms with Crippen molar-refractivity contribution >= 4 is 29.4 Å². The van der Waals surface area contributed by atoms with Crippen LogP contribution in [-0.2, 0) is 15.1 Å². The van der Waals surface area contributed by atoms with E-state index in [1.54, 1.807) is 31.7 Å². The number of amides is 4. The van der Waals surface area contributed by atoms with Gasteiger partial charge in [-0.3, -0.25) is 10.1 Å². The van der Waals surface area contributed by atoms with Gasteiger partial charge < -0.3 is 15.4 Å². The van der Waals surface area contributed by atoms with Crippen LogP contribution in [0.4, 0.5) is 9.59 Å². The second-order valence-corrected chi connectivity index (χ2v) is 6.26. The first-order valence-corrected chi connectivity index (χ1v) is 7.16. The van der Waals surface area contributed by atoms with Crippen molar-refractivity contribution in [1.29, 1.82) is 0 Å². The lowest BCUT2D eigenvalue weighted by atomic mass is 9.96. The van der Waals surface area contributed by atoms with Crippen molar-refractivity contribution in [2.75, 3.05) is 6.54 Å². The molecule has 0 aromatic carbocycles. The smallest absolute Gasteiger partial charge is 0.407 e. The summed E-state index contributed by atoms with van der Waals surface area (Å²) in [5.74, 6) is -0.561. The maximum atomic E-state index is 12.1. The normalized spacial score (nSPS) is 21.7. The Kier molecular flexibility index (Phi) is 3.86. The van der Waals surface area contributed by atoms with Crippen molar-refractivity contribution in [3.05, 3.63) is 16.6 Å². The number of carbonyl (C=O) groups excluding carboxylic acids is 3.